The van der Waals surface area contributed by atoms with Crippen molar-refractivity contribution < 1.29 is 18.9 Å². The normalized spacial score (nSPS) is 15.1. The predicted molar refractivity (Wildman–Crippen MR) is 94.5 cm³/mol. The Morgan fingerprint density at radius 2 is 2.00 bits per heavy atom. The van der Waals surface area contributed by atoms with Gasteiger partial charge in [-0.2, -0.15) is 0 Å². The number of piperazine rings is 1. The highest BCUT2D eigenvalue weighted by molar-refractivity contribution is 6.30. The van der Waals surface area contributed by atoms with Crippen LogP contribution in [0, 0.1) is 10.1 Å². The van der Waals surface area contributed by atoms with Gasteiger partial charge in [-0.05, 0) is 24.3 Å². The molecule has 8 nitrogen and oxygen atoms in total. The molecule has 1 amide bonds. The lowest BCUT2D eigenvalue weighted by Crippen LogP contribution is -2.48. The Morgan fingerprint density at radius 1 is 1.27 bits per heavy atom. The van der Waals surface area contributed by atoms with Crippen LogP contribution in [0.15, 0.2) is 34.7 Å². The fraction of sp³-hybridized carbons (Fsp3) is 0.353. The molecule has 9 heteroatoms. The van der Waals surface area contributed by atoms with Crippen molar-refractivity contribution in [1.82, 2.24) is 9.80 Å². The zero-order chi connectivity index (χ0) is 18.7. The van der Waals surface area contributed by atoms with Crippen LogP contribution in [0.5, 0.6) is 5.75 Å². The van der Waals surface area contributed by atoms with Crippen LogP contribution < -0.4 is 4.74 Å². The summed E-state index contributed by atoms with van der Waals surface area (Å²) < 4.78 is 10.4. The van der Waals surface area contributed by atoms with E-state index < -0.39 is 10.8 Å². The second-order valence-electron chi connectivity index (χ2n) is 5.92. The molecule has 1 saturated heterocycles. The van der Waals surface area contributed by atoms with Crippen LogP contribution in [-0.4, -0.2) is 53.9 Å². The fourth-order valence-corrected chi connectivity index (χ4v) is 3.11. The maximum atomic E-state index is 12.4. The van der Waals surface area contributed by atoms with Gasteiger partial charge in [0.15, 0.2) is 5.76 Å². The summed E-state index contributed by atoms with van der Waals surface area (Å²) in [6, 6.07) is 8.02. The van der Waals surface area contributed by atoms with Gasteiger partial charge in [0.05, 0.1) is 13.2 Å². The number of nitrogens with zero attached hydrogens (tertiary/aromatic N) is 3. The summed E-state index contributed by atoms with van der Waals surface area (Å²) in [5.74, 6) is -0.00409. The van der Waals surface area contributed by atoms with Crippen molar-refractivity contribution in [1.29, 1.82) is 0 Å². The first-order chi connectivity index (χ1) is 12.5. The van der Waals surface area contributed by atoms with Gasteiger partial charge in [0.1, 0.15) is 10.7 Å². The molecule has 0 bridgehead atoms. The molecule has 1 aromatic carbocycles. The van der Waals surface area contributed by atoms with Crippen molar-refractivity contribution in [3.63, 3.8) is 0 Å². The van der Waals surface area contributed by atoms with Crippen LogP contribution >= 0.6 is 11.6 Å². The van der Waals surface area contributed by atoms with E-state index in [0.29, 0.717) is 37.7 Å². The molecule has 3 rings (SSSR count). The lowest BCUT2D eigenvalue weighted by atomic mass is 10.1. The predicted octanol–water partition coefficient (Wildman–Crippen LogP) is 2.81. The highest BCUT2D eigenvalue weighted by atomic mass is 35.5. The van der Waals surface area contributed by atoms with E-state index in [1.807, 2.05) is 12.1 Å². The number of furan rings is 1. The highest BCUT2D eigenvalue weighted by Gasteiger charge is 2.26. The van der Waals surface area contributed by atoms with Crippen LogP contribution in [0.1, 0.15) is 16.1 Å². The zero-order valence-corrected chi connectivity index (χ0v) is 14.9. The van der Waals surface area contributed by atoms with Crippen LogP contribution in [0.25, 0.3) is 0 Å². The Kier molecular flexibility index (Phi) is 5.43. The second-order valence-corrected chi connectivity index (χ2v) is 6.36. The molecular weight excluding hydrogens is 362 g/mol. The number of nitro groups is 1. The summed E-state index contributed by atoms with van der Waals surface area (Å²) in [6.45, 7) is 3.03. The fourth-order valence-electron chi connectivity index (χ4n) is 2.92. The van der Waals surface area contributed by atoms with E-state index in [0.717, 1.165) is 11.3 Å². The third kappa shape index (κ3) is 3.97. The number of rotatable bonds is 5. The molecule has 1 fully saturated rings. The van der Waals surface area contributed by atoms with Crippen LogP contribution in [0.2, 0.25) is 5.02 Å². The van der Waals surface area contributed by atoms with Gasteiger partial charge in [-0.1, -0.05) is 11.6 Å². The molecule has 1 aromatic heterocycles. The van der Waals surface area contributed by atoms with Crippen molar-refractivity contribution in [2.45, 2.75) is 6.54 Å². The number of amides is 1. The monoisotopic (exact) mass is 379 g/mol. The van der Waals surface area contributed by atoms with E-state index >= 15 is 0 Å². The number of benzene rings is 1. The Morgan fingerprint density at radius 3 is 2.62 bits per heavy atom. The lowest BCUT2D eigenvalue weighted by molar-refractivity contribution is -0.402. The number of methoxy groups -OCH3 is 1. The number of carbonyl (C=O) groups is 1. The van der Waals surface area contributed by atoms with Gasteiger partial charge in [-0.3, -0.25) is 19.8 Å². The minimum Gasteiger partial charge on any atom is -0.496 e. The summed E-state index contributed by atoms with van der Waals surface area (Å²) in [6.07, 6.45) is 0. The van der Waals surface area contributed by atoms with Gasteiger partial charge in [0, 0.05) is 43.3 Å². The molecule has 0 saturated carbocycles. The van der Waals surface area contributed by atoms with E-state index in [1.54, 1.807) is 18.1 Å². The first-order valence-electron chi connectivity index (χ1n) is 8.06. The SMILES string of the molecule is COc1ccc(Cl)cc1CN1CCN(C(=O)c2ccc([N+](=O)[O-])o2)CC1. The van der Waals surface area contributed by atoms with Crippen molar-refractivity contribution in [3.05, 3.63) is 56.8 Å². The van der Waals surface area contributed by atoms with E-state index in [-0.39, 0.29) is 11.7 Å². The molecular formula is C17H18ClN3O5. The second kappa shape index (κ2) is 7.76. The maximum absolute atomic E-state index is 12.4. The third-order valence-electron chi connectivity index (χ3n) is 4.28. The Labute approximate surface area is 155 Å². The average Bonchev–Trinajstić information content (AvgIpc) is 3.12. The molecule has 1 aliphatic rings. The van der Waals surface area contributed by atoms with Gasteiger partial charge in [0.25, 0.3) is 5.91 Å². The van der Waals surface area contributed by atoms with Gasteiger partial charge in [-0.25, -0.2) is 0 Å². The van der Waals surface area contributed by atoms with E-state index in [9.17, 15) is 14.9 Å². The number of hydrogen-bond donors (Lipinski definition) is 0. The molecule has 2 aromatic rings. The van der Waals surface area contributed by atoms with Gasteiger partial charge < -0.3 is 14.1 Å². The van der Waals surface area contributed by atoms with Crippen molar-refractivity contribution >= 4 is 23.4 Å². The molecule has 0 unspecified atom stereocenters. The molecule has 0 spiro atoms. The smallest absolute Gasteiger partial charge is 0.433 e. The number of ether oxygens (including phenoxy) is 1. The van der Waals surface area contributed by atoms with E-state index in [2.05, 4.69) is 4.90 Å². The third-order valence-corrected chi connectivity index (χ3v) is 4.51. The van der Waals surface area contributed by atoms with Crippen molar-refractivity contribution in [3.8, 4) is 5.75 Å². The molecule has 0 radical (unpaired) electrons. The summed E-state index contributed by atoms with van der Waals surface area (Å²) in [5, 5.41) is 11.3. The first-order valence-corrected chi connectivity index (χ1v) is 8.44. The van der Waals surface area contributed by atoms with Crippen LogP contribution in [-0.2, 0) is 6.54 Å². The molecule has 0 atom stereocenters. The van der Waals surface area contributed by atoms with Crippen molar-refractivity contribution in [2.75, 3.05) is 33.3 Å². The van der Waals surface area contributed by atoms with Crippen LogP contribution in [0.4, 0.5) is 5.88 Å². The minimum atomic E-state index is -0.660. The largest absolute Gasteiger partial charge is 0.496 e. The number of carbonyl (C=O) groups excluding carboxylic acids is 1. The molecule has 1 aliphatic heterocycles. The molecule has 2 heterocycles. The quantitative estimate of drug-likeness (QED) is 0.586. The highest BCUT2D eigenvalue weighted by Crippen LogP contribution is 2.25. The Balaban J connectivity index is 1.59. The van der Waals surface area contributed by atoms with Crippen molar-refractivity contribution in [2.24, 2.45) is 0 Å². The van der Waals surface area contributed by atoms with Crippen LogP contribution in [0.3, 0.4) is 0 Å². The molecule has 138 valence electrons. The van der Waals surface area contributed by atoms with E-state index in [4.69, 9.17) is 20.8 Å². The summed E-state index contributed by atoms with van der Waals surface area (Å²) in [7, 11) is 1.62. The molecule has 0 N–H and O–H groups in total. The number of hydrogen-bond acceptors (Lipinski definition) is 6. The Hall–Kier alpha value is -2.58. The summed E-state index contributed by atoms with van der Waals surface area (Å²) in [4.78, 5) is 26.2. The first kappa shape index (κ1) is 18.2. The Bertz CT molecular complexity index is 814. The van der Waals surface area contributed by atoms with Gasteiger partial charge in [-0.15, -0.1) is 0 Å². The van der Waals surface area contributed by atoms with Gasteiger partial charge >= 0.3 is 5.88 Å². The minimum absolute atomic E-state index is 0.0124. The zero-order valence-electron chi connectivity index (χ0n) is 14.2. The lowest BCUT2D eigenvalue weighted by Gasteiger charge is -2.34. The van der Waals surface area contributed by atoms with E-state index in [1.165, 1.54) is 12.1 Å². The standard InChI is InChI=1S/C17H18ClN3O5/c1-25-14-3-2-13(18)10-12(14)11-19-6-8-20(9-7-19)17(22)15-4-5-16(26-15)21(23)24/h2-5,10H,6-9,11H2,1H3. The molecule has 26 heavy (non-hydrogen) atoms. The van der Waals surface area contributed by atoms with Gasteiger partial charge in [0.2, 0.25) is 0 Å². The molecule has 0 aliphatic carbocycles. The number of halogens is 1. The summed E-state index contributed by atoms with van der Waals surface area (Å²) in [5.41, 5.74) is 0.987. The topological polar surface area (TPSA) is 89.1 Å². The average molecular weight is 380 g/mol. The maximum Gasteiger partial charge on any atom is 0.433 e. The summed E-state index contributed by atoms with van der Waals surface area (Å²) >= 11 is 6.06.